The zero-order valence-corrected chi connectivity index (χ0v) is 12.4. The summed E-state index contributed by atoms with van der Waals surface area (Å²) in [6.45, 7) is 6.19. The fraction of sp³-hybridized carbons (Fsp3) is 0.688. The Morgan fingerprint density at radius 2 is 2.05 bits per heavy atom. The van der Waals surface area contributed by atoms with Crippen molar-refractivity contribution in [3.05, 3.63) is 23.4 Å². The van der Waals surface area contributed by atoms with Crippen molar-refractivity contribution in [3.63, 3.8) is 0 Å². The van der Waals surface area contributed by atoms with Crippen LogP contribution in [0.1, 0.15) is 57.2 Å². The number of hydrogen-bond donors (Lipinski definition) is 1. The third-order valence-corrected chi connectivity index (χ3v) is 3.70. The first-order chi connectivity index (χ1) is 9.28. The summed E-state index contributed by atoms with van der Waals surface area (Å²) in [6.07, 6.45) is 7.31. The standard InChI is InChI=1S/C16H27N3/c1-3-5-9-19(15-7-8-15)16-11-13(12-17)10-14(18-16)6-4-2/h10-11,15H,3-9,12,17H2,1-2H3. The maximum absolute atomic E-state index is 5.83. The predicted molar refractivity (Wildman–Crippen MR) is 81.4 cm³/mol. The summed E-state index contributed by atoms with van der Waals surface area (Å²) >= 11 is 0. The molecule has 2 rings (SSSR count). The number of hydrogen-bond acceptors (Lipinski definition) is 3. The zero-order valence-electron chi connectivity index (χ0n) is 12.4. The minimum atomic E-state index is 0.610. The highest BCUT2D eigenvalue weighted by atomic mass is 15.2. The van der Waals surface area contributed by atoms with Crippen LogP contribution in [0, 0.1) is 0 Å². The number of aryl methyl sites for hydroxylation is 1. The van der Waals surface area contributed by atoms with Crippen LogP contribution in [0.15, 0.2) is 12.1 Å². The van der Waals surface area contributed by atoms with E-state index in [1.165, 1.54) is 36.9 Å². The molecule has 0 atom stereocenters. The van der Waals surface area contributed by atoms with E-state index in [-0.39, 0.29) is 0 Å². The lowest BCUT2D eigenvalue weighted by atomic mass is 10.1. The molecule has 1 saturated carbocycles. The van der Waals surface area contributed by atoms with Crippen molar-refractivity contribution >= 4 is 5.82 Å². The van der Waals surface area contributed by atoms with Crippen LogP contribution in [-0.2, 0) is 13.0 Å². The van der Waals surface area contributed by atoms with Crippen molar-refractivity contribution in [2.75, 3.05) is 11.4 Å². The Kier molecular flexibility index (Phi) is 5.20. The first-order valence-electron chi connectivity index (χ1n) is 7.75. The Morgan fingerprint density at radius 3 is 2.63 bits per heavy atom. The summed E-state index contributed by atoms with van der Waals surface area (Å²) in [4.78, 5) is 7.36. The summed E-state index contributed by atoms with van der Waals surface area (Å²) in [6, 6.07) is 5.08. The highest BCUT2D eigenvalue weighted by molar-refractivity contribution is 5.45. The van der Waals surface area contributed by atoms with Crippen LogP contribution in [0.25, 0.3) is 0 Å². The maximum Gasteiger partial charge on any atom is 0.129 e. The van der Waals surface area contributed by atoms with E-state index < -0.39 is 0 Å². The minimum Gasteiger partial charge on any atom is -0.354 e. The molecule has 0 bridgehead atoms. The molecule has 3 heteroatoms. The van der Waals surface area contributed by atoms with Crippen LogP contribution in [0.3, 0.4) is 0 Å². The summed E-state index contributed by atoms with van der Waals surface area (Å²) in [5.41, 5.74) is 8.24. The van der Waals surface area contributed by atoms with E-state index in [1.807, 2.05) is 0 Å². The molecule has 1 fully saturated rings. The predicted octanol–water partition coefficient (Wildman–Crippen LogP) is 3.26. The fourth-order valence-electron chi connectivity index (χ4n) is 2.48. The number of pyridine rings is 1. The average molecular weight is 261 g/mol. The van der Waals surface area contributed by atoms with Crippen molar-refractivity contribution in [1.82, 2.24) is 4.98 Å². The Labute approximate surface area is 117 Å². The second kappa shape index (κ2) is 6.90. The molecule has 1 aliphatic rings. The van der Waals surface area contributed by atoms with Crippen LogP contribution in [0.4, 0.5) is 5.82 Å². The van der Waals surface area contributed by atoms with Crippen LogP contribution in [0.5, 0.6) is 0 Å². The van der Waals surface area contributed by atoms with Gasteiger partial charge in [-0.1, -0.05) is 26.7 Å². The normalized spacial score (nSPS) is 14.7. The van der Waals surface area contributed by atoms with Gasteiger partial charge in [-0.2, -0.15) is 0 Å². The highest BCUT2D eigenvalue weighted by Crippen LogP contribution is 2.31. The quantitative estimate of drug-likeness (QED) is 0.781. The van der Waals surface area contributed by atoms with Gasteiger partial charge in [0.15, 0.2) is 0 Å². The van der Waals surface area contributed by atoms with Gasteiger partial charge in [-0.05, 0) is 43.4 Å². The van der Waals surface area contributed by atoms with Crippen molar-refractivity contribution in [3.8, 4) is 0 Å². The molecule has 19 heavy (non-hydrogen) atoms. The molecule has 0 aromatic carbocycles. The SMILES string of the molecule is CCCCN(c1cc(CN)cc(CCC)n1)C1CC1. The first kappa shape index (κ1) is 14.3. The Hall–Kier alpha value is -1.09. The summed E-state index contributed by atoms with van der Waals surface area (Å²) in [5, 5.41) is 0. The van der Waals surface area contributed by atoms with Crippen LogP contribution < -0.4 is 10.6 Å². The molecular weight excluding hydrogens is 234 g/mol. The number of rotatable bonds is 8. The molecule has 1 aromatic rings. The van der Waals surface area contributed by atoms with Gasteiger partial charge in [0.05, 0.1) is 0 Å². The molecule has 106 valence electrons. The average Bonchev–Trinajstić information content (AvgIpc) is 3.24. The van der Waals surface area contributed by atoms with E-state index in [1.54, 1.807) is 0 Å². The maximum atomic E-state index is 5.83. The molecular formula is C16H27N3. The molecule has 0 saturated heterocycles. The minimum absolute atomic E-state index is 0.610. The summed E-state index contributed by atoms with van der Waals surface area (Å²) in [7, 11) is 0. The van der Waals surface area contributed by atoms with Gasteiger partial charge in [-0.3, -0.25) is 0 Å². The fourth-order valence-corrected chi connectivity index (χ4v) is 2.48. The lowest BCUT2D eigenvalue weighted by Crippen LogP contribution is -2.28. The molecule has 1 aliphatic carbocycles. The van der Waals surface area contributed by atoms with Gasteiger partial charge in [0.25, 0.3) is 0 Å². The topological polar surface area (TPSA) is 42.1 Å². The van der Waals surface area contributed by atoms with Gasteiger partial charge >= 0.3 is 0 Å². The Morgan fingerprint density at radius 1 is 1.26 bits per heavy atom. The van der Waals surface area contributed by atoms with Crippen molar-refractivity contribution in [1.29, 1.82) is 0 Å². The van der Waals surface area contributed by atoms with Gasteiger partial charge in [-0.25, -0.2) is 4.98 Å². The third kappa shape index (κ3) is 3.93. The number of anilines is 1. The first-order valence-corrected chi connectivity index (χ1v) is 7.75. The van der Waals surface area contributed by atoms with E-state index in [0.717, 1.165) is 31.2 Å². The summed E-state index contributed by atoms with van der Waals surface area (Å²) < 4.78 is 0. The summed E-state index contributed by atoms with van der Waals surface area (Å²) in [5.74, 6) is 1.15. The Balaban J connectivity index is 2.21. The number of aromatic nitrogens is 1. The molecule has 1 heterocycles. The molecule has 3 nitrogen and oxygen atoms in total. The van der Waals surface area contributed by atoms with E-state index in [4.69, 9.17) is 10.7 Å². The highest BCUT2D eigenvalue weighted by Gasteiger charge is 2.29. The van der Waals surface area contributed by atoms with E-state index in [0.29, 0.717) is 6.54 Å². The van der Waals surface area contributed by atoms with E-state index in [9.17, 15) is 0 Å². The van der Waals surface area contributed by atoms with Crippen LogP contribution in [-0.4, -0.2) is 17.6 Å². The van der Waals surface area contributed by atoms with Crippen LogP contribution >= 0.6 is 0 Å². The molecule has 0 aliphatic heterocycles. The number of nitrogens with zero attached hydrogens (tertiary/aromatic N) is 2. The molecule has 0 spiro atoms. The van der Waals surface area contributed by atoms with Gasteiger partial charge in [0.2, 0.25) is 0 Å². The van der Waals surface area contributed by atoms with Crippen molar-refractivity contribution in [2.45, 2.75) is 65.0 Å². The van der Waals surface area contributed by atoms with Crippen molar-refractivity contribution < 1.29 is 0 Å². The Bertz CT molecular complexity index is 399. The second-order valence-corrected chi connectivity index (χ2v) is 5.56. The van der Waals surface area contributed by atoms with E-state index in [2.05, 4.69) is 30.9 Å². The van der Waals surface area contributed by atoms with Gasteiger partial charge in [0, 0.05) is 24.8 Å². The number of nitrogens with two attached hydrogens (primary N) is 1. The lowest BCUT2D eigenvalue weighted by Gasteiger charge is -2.24. The van der Waals surface area contributed by atoms with Crippen LogP contribution in [0.2, 0.25) is 0 Å². The molecule has 2 N–H and O–H groups in total. The van der Waals surface area contributed by atoms with Crippen molar-refractivity contribution in [2.24, 2.45) is 5.73 Å². The number of unbranched alkanes of at least 4 members (excludes halogenated alkanes) is 1. The molecule has 0 amide bonds. The monoisotopic (exact) mass is 261 g/mol. The van der Waals surface area contributed by atoms with Gasteiger partial charge in [-0.15, -0.1) is 0 Å². The molecule has 0 radical (unpaired) electrons. The lowest BCUT2D eigenvalue weighted by molar-refractivity contribution is 0.700. The smallest absolute Gasteiger partial charge is 0.129 e. The zero-order chi connectivity index (χ0) is 13.7. The molecule has 0 unspecified atom stereocenters. The third-order valence-electron chi connectivity index (χ3n) is 3.70. The largest absolute Gasteiger partial charge is 0.354 e. The van der Waals surface area contributed by atoms with Gasteiger partial charge in [0.1, 0.15) is 5.82 Å². The van der Waals surface area contributed by atoms with Gasteiger partial charge < -0.3 is 10.6 Å². The molecule has 1 aromatic heterocycles. The second-order valence-electron chi connectivity index (χ2n) is 5.56. The van der Waals surface area contributed by atoms with E-state index >= 15 is 0 Å².